The summed E-state index contributed by atoms with van der Waals surface area (Å²) < 4.78 is 0. The molecule has 8 heteroatoms. The van der Waals surface area contributed by atoms with Crippen LogP contribution >= 0.6 is 23.2 Å². The van der Waals surface area contributed by atoms with Gasteiger partial charge in [0.15, 0.2) is 0 Å². The van der Waals surface area contributed by atoms with Crippen LogP contribution in [0.25, 0.3) is 0 Å². The molecule has 1 amide bonds. The number of halogens is 2. The standard InChI is InChI=1S/C11H7Cl2N3O3/c12-7-4-8(16-11(13)14-7)15-10(19)9-5(17)2-1-3-6(9)18/h1-4,17-18H,(H,14,15,16,19). The van der Waals surface area contributed by atoms with Crippen LogP contribution in [-0.4, -0.2) is 26.1 Å². The van der Waals surface area contributed by atoms with Crippen LogP contribution in [0.2, 0.25) is 10.4 Å². The molecule has 1 aromatic heterocycles. The molecule has 6 nitrogen and oxygen atoms in total. The number of nitrogens with one attached hydrogen (secondary N) is 1. The van der Waals surface area contributed by atoms with Crippen LogP contribution in [0.5, 0.6) is 11.5 Å². The van der Waals surface area contributed by atoms with E-state index in [1.54, 1.807) is 0 Å². The van der Waals surface area contributed by atoms with Gasteiger partial charge in [-0.25, -0.2) is 9.97 Å². The van der Waals surface area contributed by atoms with Crippen LogP contribution in [0, 0.1) is 0 Å². The van der Waals surface area contributed by atoms with Crippen LogP contribution < -0.4 is 5.32 Å². The van der Waals surface area contributed by atoms with Crippen molar-refractivity contribution in [3.63, 3.8) is 0 Å². The van der Waals surface area contributed by atoms with E-state index in [4.69, 9.17) is 23.2 Å². The Labute approximate surface area is 117 Å². The zero-order valence-corrected chi connectivity index (χ0v) is 10.8. The summed E-state index contributed by atoms with van der Waals surface area (Å²) in [5, 5.41) is 21.3. The van der Waals surface area contributed by atoms with E-state index in [-0.39, 0.29) is 33.3 Å². The number of phenolic OH excluding ortho intramolecular Hbond substituents is 2. The third-order valence-corrected chi connectivity index (χ3v) is 2.52. The quantitative estimate of drug-likeness (QED) is 0.585. The number of aromatic nitrogens is 2. The van der Waals surface area contributed by atoms with Gasteiger partial charge in [0.2, 0.25) is 5.28 Å². The molecule has 0 unspecified atom stereocenters. The van der Waals surface area contributed by atoms with Crippen molar-refractivity contribution in [3.8, 4) is 11.5 Å². The van der Waals surface area contributed by atoms with Crippen molar-refractivity contribution in [3.05, 3.63) is 40.3 Å². The molecule has 19 heavy (non-hydrogen) atoms. The van der Waals surface area contributed by atoms with Crippen molar-refractivity contribution < 1.29 is 15.0 Å². The lowest BCUT2D eigenvalue weighted by molar-refractivity contribution is 0.102. The number of anilines is 1. The van der Waals surface area contributed by atoms with Gasteiger partial charge in [-0.05, 0) is 23.7 Å². The zero-order valence-electron chi connectivity index (χ0n) is 9.26. The summed E-state index contributed by atoms with van der Waals surface area (Å²) in [6.07, 6.45) is 0. The fraction of sp³-hybridized carbons (Fsp3) is 0. The van der Waals surface area contributed by atoms with Crippen LogP contribution in [0.15, 0.2) is 24.3 Å². The molecule has 0 saturated heterocycles. The largest absolute Gasteiger partial charge is 0.507 e. The number of aromatic hydroxyl groups is 2. The van der Waals surface area contributed by atoms with Gasteiger partial charge in [0.05, 0.1) is 0 Å². The van der Waals surface area contributed by atoms with Gasteiger partial charge in [-0.2, -0.15) is 0 Å². The number of nitrogens with zero attached hydrogens (tertiary/aromatic N) is 2. The van der Waals surface area contributed by atoms with Gasteiger partial charge in [0.1, 0.15) is 28.0 Å². The Balaban J connectivity index is 2.31. The second-order valence-corrected chi connectivity index (χ2v) is 4.20. The number of rotatable bonds is 2. The van der Waals surface area contributed by atoms with Crippen molar-refractivity contribution in [2.75, 3.05) is 5.32 Å². The first-order valence-corrected chi connectivity index (χ1v) is 5.75. The topological polar surface area (TPSA) is 95.3 Å². The SMILES string of the molecule is O=C(Nc1cc(Cl)nc(Cl)n1)c1c(O)cccc1O. The molecule has 2 aromatic rings. The molecule has 0 aliphatic heterocycles. The second-order valence-electron chi connectivity index (χ2n) is 3.47. The molecule has 1 heterocycles. The number of carbonyl (C=O) groups excluding carboxylic acids is 1. The first kappa shape index (κ1) is 13.4. The molecule has 0 spiro atoms. The lowest BCUT2D eigenvalue weighted by Gasteiger charge is -2.08. The molecule has 0 bridgehead atoms. The Morgan fingerprint density at radius 3 is 2.37 bits per heavy atom. The molecule has 0 fully saturated rings. The third kappa shape index (κ3) is 3.04. The highest BCUT2D eigenvalue weighted by atomic mass is 35.5. The highest BCUT2D eigenvalue weighted by molar-refractivity contribution is 6.32. The van der Waals surface area contributed by atoms with E-state index in [1.165, 1.54) is 24.3 Å². The molecule has 0 atom stereocenters. The highest BCUT2D eigenvalue weighted by Gasteiger charge is 2.17. The third-order valence-electron chi connectivity index (χ3n) is 2.16. The summed E-state index contributed by atoms with van der Waals surface area (Å²) in [6.45, 7) is 0. The van der Waals surface area contributed by atoms with E-state index in [2.05, 4.69) is 15.3 Å². The van der Waals surface area contributed by atoms with Crippen molar-refractivity contribution in [2.45, 2.75) is 0 Å². The van der Waals surface area contributed by atoms with Crippen LogP contribution in [0.4, 0.5) is 5.82 Å². The van der Waals surface area contributed by atoms with Crippen molar-refractivity contribution >= 4 is 34.9 Å². The number of carbonyl (C=O) groups is 1. The number of phenols is 2. The fourth-order valence-corrected chi connectivity index (χ4v) is 1.80. The maximum absolute atomic E-state index is 11.9. The van der Waals surface area contributed by atoms with E-state index in [0.29, 0.717) is 0 Å². The molecule has 0 aliphatic carbocycles. The summed E-state index contributed by atoms with van der Waals surface area (Å²) in [4.78, 5) is 19.3. The second kappa shape index (κ2) is 5.29. The van der Waals surface area contributed by atoms with Crippen molar-refractivity contribution in [1.82, 2.24) is 9.97 Å². The monoisotopic (exact) mass is 299 g/mol. The number of hydrogen-bond donors (Lipinski definition) is 3. The minimum Gasteiger partial charge on any atom is -0.507 e. The Morgan fingerprint density at radius 2 is 1.79 bits per heavy atom. The zero-order chi connectivity index (χ0) is 14.0. The molecule has 0 radical (unpaired) electrons. The van der Waals surface area contributed by atoms with Gasteiger partial charge in [-0.15, -0.1) is 0 Å². The maximum Gasteiger partial charge on any atom is 0.264 e. The van der Waals surface area contributed by atoms with Gasteiger partial charge >= 0.3 is 0 Å². The minimum atomic E-state index is -0.749. The molecule has 1 aromatic carbocycles. The lowest BCUT2D eigenvalue weighted by atomic mass is 10.1. The molecular formula is C11H7Cl2N3O3. The molecular weight excluding hydrogens is 293 g/mol. The van der Waals surface area contributed by atoms with E-state index in [9.17, 15) is 15.0 Å². The number of amides is 1. The van der Waals surface area contributed by atoms with E-state index < -0.39 is 5.91 Å². The van der Waals surface area contributed by atoms with Gasteiger partial charge < -0.3 is 15.5 Å². The Bertz CT molecular complexity index is 609. The van der Waals surface area contributed by atoms with Gasteiger partial charge in [0, 0.05) is 6.07 Å². The molecule has 0 saturated carbocycles. The van der Waals surface area contributed by atoms with E-state index >= 15 is 0 Å². The van der Waals surface area contributed by atoms with E-state index in [0.717, 1.165) is 0 Å². The normalized spacial score (nSPS) is 10.2. The molecule has 98 valence electrons. The van der Waals surface area contributed by atoms with Gasteiger partial charge in [-0.1, -0.05) is 17.7 Å². The Kier molecular flexibility index (Phi) is 3.73. The predicted molar refractivity (Wildman–Crippen MR) is 69.8 cm³/mol. The van der Waals surface area contributed by atoms with Crippen LogP contribution in [-0.2, 0) is 0 Å². The van der Waals surface area contributed by atoms with Gasteiger partial charge in [-0.3, -0.25) is 4.79 Å². The summed E-state index contributed by atoms with van der Waals surface area (Å²) in [5.74, 6) is -1.41. The maximum atomic E-state index is 11.9. The first-order valence-electron chi connectivity index (χ1n) is 5.00. The lowest BCUT2D eigenvalue weighted by Crippen LogP contribution is -2.13. The predicted octanol–water partition coefficient (Wildman–Crippen LogP) is 2.45. The van der Waals surface area contributed by atoms with Crippen molar-refractivity contribution in [2.24, 2.45) is 0 Å². The molecule has 3 N–H and O–H groups in total. The summed E-state index contributed by atoms with van der Waals surface area (Å²) >= 11 is 11.2. The minimum absolute atomic E-state index is 0.0526. The smallest absolute Gasteiger partial charge is 0.264 e. The Morgan fingerprint density at radius 1 is 1.16 bits per heavy atom. The van der Waals surface area contributed by atoms with E-state index in [1.807, 2.05) is 0 Å². The fourth-order valence-electron chi connectivity index (χ4n) is 1.39. The Hall–Kier alpha value is -2.05. The molecule has 0 aliphatic rings. The van der Waals surface area contributed by atoms with Crippen LogP contribution in [0.1, 0.15) is 10.4 Å². The summed E-state index contributed by atoms with van der Waals surface area (Å²) in [5.41, 5.74) is -0.270. The summed E-state index contributed by atoms with van der Waals surface area (Å²) in [6, 6.07) is 5.23. The summed E-state index contributed by atoms with van der Waals surface area (Å²) in [7, 11) is 0. The molecule has 2 rings (SSSR count). The average molecular weight is 300 g/mol. The van der Waals surface area contributed by atoms with Crippen molar-refractivity contribution in [1.29, 1.82) is 0 Å². The van der Waals surface area contributed by atoms with Crippen LogP contribution in [0.3, 0.4) is 0 Å². The average Bonchev–Trinajstić information content (AvgIpc) is 2.26. The number of benzene rings is 1. The highest BCUT2D eigenvalue weighted by Crippen LogP contribution is 2.27. The van der Waals surface area contributed by atoms with Gasteiger partial charge in [0.25, 0.3) is 5.91 Å². The number of hydrogen-bond acceptors (Lipinski definition) is 5. The first-order chi connectivity index (χ1) is 8.97.